The maximum absolute atomic E-state index is 13.4. The van der Waals surface area contributed by atoms with Crippen LogP contribution in [-0.4, -0.2) is 0 Å². The zero-order chi connectivity index (χ0) is 11.4. The third-order valence-corrected chi connectivity index (χ3v) is 2.59. The lowest BCUT2D eigenvalue weighted by Crippen LogP contribution is -2.12. The highest BCUT2D eigenvalue weighted by Gasteiger charge is 2.11. The first-order valence-corrected chi connectivity index (χ1v) is 5.30. The van der Waals surface area contributed by atoms with Crippen LogP contribution in [0.3, 0.4) is 0 Å². The topological polar surface area (TPSA) is 39.2 Å². The summed E-state index contributed by atoms with van der Waals surface area (Å²) in [6, 6.07) is 10.1. The summed E-state index contributed by atoms with van der Waals surface area (Å²) < 4.78 is 18.6. The molecule has 2 aromatic rings. The number of aryl methyl sites for hydroxylation is 1. The van der Waals surface area contributed by atoms with E-state index >= 15 is 0 Å². The summed E-state index contributed by atoms with van der Waals surface area (Å²) in [5.41, 5.74) is 6.49. The molecule has 0 fully saturated rings. The number of hydrogen-bond acceptors (Lipinski definition) is 2. The minimum absolute atomic E-state index is 0.241. The molecule has 0 aliphatic heterocycles. The largest absolute Gasteiger partial charge is 0.469 e. The molecule has 1 atom stereocenters. The molecule has 2 nitrogen and oxygen atoms in total. The van der Waals surface area contributed by atoms with Crippen molar-refractivity contribution in [3.8, 4) is 0 Å². The van der Waals surface area contributed by atoms with Gasteiger partial charge in [-0.05, 0) is 24.6 Å². The normalized spacial score (nSPS) is 12.6. The van der Waals surface area contributed by atoms with Crippen LogP contribution in [-0.2, 0) is 6.42 Å². The highest BCUT2D eigenvalue weighted by Crippen LogP contribution is 2.19. The van der Waals surface area contributed by atoms with Crippen molar-refractivity contribution in [2.24, 2.45) is 5.73 Å². The zero-order valence-electron chi connectivity index (χ0n) is 8.90. The minimum Gasteiger partial charge on any atom is -0.469 e. The average Bonchev–Trinajstić information content (AvgIpc) is 2.79. The van der Waals surface area contributed by atoms with E-state index in [9.17, 15) is 4.39 Å². The molecule has 0 amide bonds. The van der Waals surface area contributed by atoms with Gasteiger partial charge in [0.1, 0.15) is 11.6 Å². The fourth-order valence-corrected chi connectivity index (χ4v) is 1.68. The summed E-state index contributed by atoms with van der Waals surface area (Å²) in [7, 11) is 0. The molecule has 3 heteroatoms. The monoisotopic (exact) mass is 219 g/mol. The van der Waals surface area contributed by atoms with Crippen LogP contribution in [0.15, 0.2) is 47.1 Å². The Bertz CT molecular complexity index is 439. The van der Waals surface area contributed by atoms with Gasteiger partial charge in [0.15, 0.2) is 0 Å². The van der Waals surface area contributed by atoms with Crippen molar-refractivity contribution in [2.45, 2.75) is 18.9 Å². The van der Waals surface area contributed by atoms with Gasteiger partial charge in [0.25, 0.3) is 0 Å². The Balaban J connectivity index is 1.98. The van der Waals surface area contributed by atoms with E-state index in [1.165, 1.54) is 6.07 Å². The van der Waals surface area contributed by atoms with Gasteiger partial charge in [-0.15, -0.1) is 0 Å². The molecule has 0 saturated carbocycles. The first-order chi connectivity index (χ1) is 7.77. The average molecular weight is 219 g/mol. The maximum atomic E-state index is 13.4. The minimum atomic E-state index is -0.286. The smallest absolute Gasteiger partial charge is 0.127 e. The van der Waals surface area contributed by atoms with Gasteiger partial charge >= 0.3 is 0 Å². The highest BCUT2D eigenvalue weighted by atomic mass is 19.1. The van der Waals surface area contributed by atoms with Crippen molar-refractivity contribution < 1.29 is 8.81 Å². The van der Waals surface area contributed by atoms with Crippen LogP contribution in [0.1, 0.15) is 23.8 Å². The highest BCUT2D eigenvalue weighted by molar-refractivity contribution is 5.20. The lowest BCUT2D eigenvalue weighted by molar-refractivity contribution is 0.482. The van der Waals surface area contributed by atoms with Crippen molar-refractivity contribution in [1.82, 2.24) is 0 Å². The van der Waals surface area contributed by atoms with E-state index < -0.39 is 0 Å². The molecule has 0 bridgehead atoms. The molecule has 1 aromatic heterocycles. The molecule has 84 valence electrons. The molecule has 0 spiro atoms. The number of rotatable bonds is 4. The Kier molecular flexibility index (Phi) is 3.37. The molecule has 0 aliphatic rings. The van der Waals surface area contributed by atoms with Crippen molar-refractivity contribution in [3.05, 3.63) is 59.8 Å². The van der Waals surface area contributed by atoms with Crippen LogP contribution in [0.4, 0.5) is 4.39 Å². The molecule has 0 saturated heterocycles. The summed E-state index contributed by atoms with van der Waals surface area (Å²) in [6.45, 7) is 0. The summed E-state index contributed by atoms with van der Waals surface area (Å²) in [5.74, 6) is 0.640. The number of nitrogens with two attached hydrogens (primary N) is 1. The van der Waals surface area contributed by atoms with Crippen molar-refractivity contribution in [2.75, 3.05) is 0 Å². The molecule has 1 unspecified atom stereocenters. The van der Waals surface area contributed by atoms with Gasteiger partial charge in [-0.3, -0.25) is 0 Å². The predicted octanol–water partition coefficient (Wildman–Crippen LogP) is 3.05. The number of furan rings is 1. The van der Waals surface area contributed by atoms with Gasteiger partial charge in [-0.1, -0.05) is 18.2 Å². The molecule has 1 heterocycles. The zero-order valence-corrected chi connectivity index (χ0v) is 8.90. The van der Waals surface area contributed by atoms with E-state index in [0.29, 0.717) is 12.0 Å². The SMILES string of the molecule is NC(CCc1ccco1)c1ccccc1F. The van der Waals surface area contributed by atoms with E-state index in [2.05, 4.69) is 0 Å². The Hall–Kier alpha value is -1.61. The summed E-state index contributed by atoms with van der Waals surface area (Å²) in [5, 5.41) is 0. The Morgan fingerprint density at radius 2 is 2.00 bits per heavy atom. The van der Waals surface area contributed by atoms with Crippen molar-refractivity contribution >= 4 is 0 Å². The Morgan fingerprint density at radius 3 is 2.69 bits per heavy atom. The first kappa shape index (κ1) is 10.9. The molecular formula is C13H14FNO. The molecule has 16 heavy (non-hydrogen) atoms. The van der Waals surface area contributed by atoms with Gasteiger partial charge < -0.3 is 10.2 Å². The quantitative estimate of drug-likeness (QED) is 0.858. The first-order valence-electron chi connectivity index (χ1n) is 5.30. The van der Waals surface area contributed by atoms with Gasteiger partial charge in [-0.2, -0.15) is 0 Å². The second-order valence-electron chi connectivity index (χ2n) is 3.75. The van der Waals surface area contributed by atoms with Crippen LogP contribution in [0, 0.1) is 5.82 Å². The van der Waals surface area contributed by atoms with E-state index in [1.807, 2.05) is 12.1 Å². The molecule has 2 N–H and O–H groups in total. The van der Waals surface area contributed by atoms with Crippen LogP contribution < -0.4 is 5.73 Å². The summed E-state index contributed by atoms with van der Waals surface area (Å²) in [6.07, 6.45) is 3.03. The molecule has 1 aromatic carbocycles. The number of halogens is 1. The number of benzene rings is 1. The molecule has 0 radical (unpaired) electrons. The Labute approximate surface area is 93.9 Å². The summed E-state index contributed by atoms with van der Waals surface area (Å²) in [4.78, 5) is 0. The molecule has 0 aliphatic carbocycles. The maximum Gasteiger partial charge on any atom is 0.127 e. The van der Waals surface area contributed by atoms with Gasteiger partial charge in [0.2, 0.25) is 0 Å². The van der Waals surface area contributed by atoms with E-state index in [-0.39, 0.29) is 11.9 Å². The lowest BCUT2D eigenvalue weighted by Gasteiger charge is -2.11. The van der Waals surface area contributed by atoms with Crippen LogP contribution in [0.2, 0.25) is 0 Å². The van der Waals surface area contributed by atoms with Crippen molar-refractivity contribution in [3.63, 3.8) is 0 Å². The van der Waals surface area contributed by atoms with Gasteiger partial charge in [0.05, 0.1) is 6.26 Å². The predicted molar refractivity (Wildman–Crippen MR) is 60.4 cm³/mol. The number of hydrogen-bond donors (Lipinski definition) is 1. The fourth-order valence-electron chi connectivity index (χ4n) is 1.68. The van der Waals surface area contributed by atoms with Crippen molar-refractivity contribution in [1.29, 1.82) is 0 Å². The van der Waals surface area contributed by atoms with E-state index in [0.717, 1.165) is 12.2 Å². The fraction of sp³-hybridized carbons (Fsp3) is 0.231. The van der Waals surface area contributed by atoms with Crippen LogP contribution in [0.5, 0.6) is 0 Å². The lowest BCUT2D eigenvalue weighted by atomic mass is 10.0. The van der Waals surface area contributed by atoms with Gasteiger partial charge in [-0.25, -0.2) is 4.39 Å². The van der Waals surface area contributed by atoms with Crippen LogP contribution >= 0.6 is 0 Å². The van der Waals surface area contributed by atoms with Crippen LogP contribution in [0.25, 0.3) is 0 Å². The van der Waals surface area contributed by atoms with Gasteiger partial charge in [0, 0.05) is 18.0 Å². The second-order valence-corrected chi connectivity index (χ2v) is 3.75. The van der Waals surface area contributed by atoms with E-state index in [4.69, 9.17) is 10.2 Å². The standard InChI is InChI=1S/C13H14FNO/c14-12-6-2-1-5-11(12)13(15)8-7-10-4-3-9-16-10/h1-6,9,13H,7-8,15H2. The summed E-state index contributed by atoms with van der Waals surface area (Å²) >= 11 is 0. The second kappa shape index (κ2) is 4.94. The Morgan fingerprint density at radius 1 is 1.19 bits per heavy atom. The third kappa shape index (κ3) is 2.49. The third-order valence-electron chi connectivity index (χ3n) is 2.59. The van der Waals surface area contributed by atoms with E-state index in [1.54, 1.807) is 24.5 Å². The molecule has 2 rings (SSSR count). The molecular weight excluding hydrogens is 205 g/mol.